The molecule has 2 aromatic carbocycles. The van der Waals surface area contributed by atoms with Crippen molar-refractivity contribution in [3.63, 3.8) is 0 Å². The zero-order valence-electron chi connectivity index (χ0n) is 11.3. The van der Waals surface area contributed by atoms with Gasteiger partial charge in [-0.2, -0.15) is 0 Å². The second-order valence-corrected chi connectivity index (χ2v) is 4.42. The number of aromatic hydroxyl groups is 1. The Morgan fingerprint density at radius 2 is 1.95 bits per heavy atom. The molecule has 0 radical (unpaired) electrons. The van der Waals surface area contributed by atoms with Gasteiger partial charge in [0.1, 0.15) is 17.4 Å². The summed E-state index contributed by atoms with van der Waals surface area (Å²) in [6, 6.07) is 7.56. The summed E-state index contributed by atoms with van der Waals surface area (Å²) in [6.07, 6.45) is 0. The number of phenolic OH excluding ortho intramolecular Hbond substituents is 1. The molecule has 0 aromatic heterocycles. The van der Waals surface area contributed by atoms with Gasteiger partial charge in [-0.05, 0) is 25.1 Å². The Hall–Kier alpha value is -2.63. The highest BCUT2D eigenvalue weighted by Gasteiger charge is 2.21. The zero-order valence-corrected chi connectivity index (χ0v) is 11.3. The number of hydrogen-bond acceptors (Lipinski definition) is 3. The monoisotopic (exact) mass is 292 g/mol. The van der Waals surface area contributed by atoms with Crippen molar-refractivity contribution in [3.05, 3.63) is 53.6 Å². The first-order valence-electron chi connectivity index (χ1n) is 6.29. The van der Waals surface area contributed by atoms with Crippen molar-refractivity contribution in [1.82, 2.24) is 0 Å². The Kier molecular flexibility index (Phi) is 4.07. The third-order valence-corrected chi connectivity index (χ3v) is 3.02. The summed E-state index contributed by atoms with van der Waals surface area (Å²) in [5.41, 5.74) is 5.17. The number of nitrogens with zero attached hydrogens (tertiary/aromatic N) is 1. The topological polar surface area (TPSA) is 66.6 Å². The molecule has 0 spiro atoms. The summed E-state index contributed by atoms with van der Waals surface area (Å²) in [7, 11) is 0. The number of phenols is 1. The van der Waals surface area contributed by atoms with E-state index in [1.165, 1.54) is 17.0 Å². The molecule has 0 aliphatic carbocycles. The summed E-state index contributed by atoms with van der Waals surface area (Å²) in [5.74, 6) is -2.57. The standard InChI is InChI=1S/C15H14F2N2O2/c1-2-19(9-4-3-5-10(20)6-9)15(21)11-7-14(18)13(17)8-12(11)16/h3-8,20H,2,18H2,1H3. The smallest absolute Gasteiger partial charge is 0.261 e. The summed E-state index contributed by atoms with van der Waals surface area (Å²) in [5, 5.41) is 9.46. The van der Waals surface area contributed by atoms with Crippen LogP contribution in [0.5, 0.6) is 5.75 Å². The van der Waals surface area contributed by atoms with Crippen LogP contribution in [-0.2, 0) is 0 Å². The number of rotatable bonds is 3. The molecule has 110 valence electrons. The summed E-state index contributed by atoms with van der Waals surface area (Å²) in [4.78, 5) is 13.7. The van der Waals surface area contributed by atoms with Gasteiger partial charge in [0, 0.05) is 24.4 Å². The minimum absolute atomic E-state index is 0.0159. The van der Waals surface area contributed by atoms with Crippen LogP contribution >= 0.6 is 0 Å². The molecule has 0 fully saturated rings. The SMILES string of the molecule is CCN(C(=O)c1cc(N)c(F)cc1F)c1cccc(O)c1. The molecule has 0 heterocycles. The maximum absolute atomic E-state index is 13.8. The van der Waals surface area contributed by atoms with Crippen LogP contribution in [-0.4, -0.2) is 17.6 Å². The van der Waals surface area contributed by atoms with Crippen molar-refractivity contribution in [2.45, 2.75) is 6.92 Å². The van der Waals surface area contributed by atoms with Gasteiger partial charge >= 0.3 is 0 Å². The summed E-state index contributed by atoms with van der Waals surface area (Å²) < 4.78 is 26.9. The average molecular weight is 292 g/mol. The number of hydrogen-bond donors (Lipinski definition) is 2. The normalized spacial score (nSPS) is 10.4. The minimum atomic E-state index is -0.981. The number of nitrogens with two attached hydrogens (primary N) is 1. The lowest BCUT2D eigenvalue weighted by Gasteiger charge is -2.21. The highest BCUT2D eigenvalue weighted by Crippen LogP contribution is 2.24. The van der Waals surface area contributed by atoms with Gasteiger partial charge in [-0.15, -0.1) is 0 Å². The molecule has 0 saturated heterocycles. The van der Waals surface area contributed by atoms with E-state index >= 15 is 0 Å². The second-order valence-electron chi connectivity index (χ2n) is 4.42. The number of halogens is 2. The van der Waals surface area contributed by atoms with Crippen molar-refractivity contribution in [3.8, 4) is 5.75 Å². The number of benzene rings is 2. The van der Waals surface area contributed by atoms with E-state index < -0.39 is 17.5 Å². The molecule has 0 bridgehead atoms. The lowest BCUT2D eigenvalue weighted by molar-refractivity contribution is 0.0984. The van der Waals surface area contributed by atoms with E-state index in [4.69, 9.17) is 5.73 Å². The van der Waals surface area contributed by atoms with Crippen molar-refractivity contribution < 1.29 is 18.7 Å². The molecule has 0 aliphatic rings. The minimum Gasteiger partial charge on any atom is -0.508 e. The molecule has 2 aromatic rings. The van der Waals surface area contributed by atoms with Crippen molar-refractivity contribution in [2.75, 3.05) is 17.2 Å². The molecule has 0 saturated carbocycles. The molecular formula is C15H14F2N2O2. The van der Waals surface area contributed by atoms with E-state index in [1.54, 1.807) is 19.1 Å². The van der Waals surface area contributed by atoms with Gasteiger partial charge in [-0.25, -0.2) is 8.78 Å². The predicted octanol–water partition coefficient (Wildman–Crippen LogP) is 2.92. The van der Waals surface area contributed by atoms with Crippen LogP contribution in [0.1, 0.15) is 17.3 Å². The second kappa shape index (κ2) is 5.78. The molecule has 2 rings (SSSR count). The molecular weight excluding hydrogens is 278 g/mol. The van der Waals surface area contributed by atoms with Gasteiger partial charge in [0.05, 0.1) is 11.3 Å². The van der Waals surface area contributed by atoms with Crippen LogP contribution in [0.15, 0.2) is 36.4 Å². The molecule has 1 amide bonds. The fourth-order valence-corrected chi connectivity index (χ4v) is 1.98. The third kappa shape index (κ3) is 2.94. The lowest BCUT2D eigenvalue weighted by Crippen LogP contribution is -2.31. The molecule has 3 N–H and O–H groups in total. The van der Waals surface area contributed by atoms with Gasteiger partial charge in [0.25, 0.3) is 5.91 Å². The molecule has 4 nitrogen and oxygen atoms in total. The quantitative estimate of drug-likeness (QED) is 0.855. The Balaban J connectivity index is 2.44. The van der Waals surface area contributed by atoms with Crippen molar-refractivity contribution >= 4 is 17.3 Å². The number of carbonyl (C=O) groups is 1. The Morgan fingerprint density at radius 1 is 1.24 bits per heavy atom. The summed E-state index contributed by atoms with van der Waals surface area (Å²) in [6.45, 7) is 1.95. The van der Waals surface area contributed by atoms with Gasteiger partial charge in [-0.3, -0.25) is 4.79 Å². The van der Waals surface area contributed by atoms with Crippen LogP contribution in [0.25, 0.3) is 0 Å². The molecule has 21 heavy (non-hydrogen) atoms. The predicted molar refractivity (Wildman–Crippen MR) is 76.2 cm³/mol. The van der Waals surface area contributed by atoms with E-state index in [0.717, 1.165) is 6.07 Å². The molecule has 6 heteroatoms. The Labute approximate surface area is 120 Å². The maximum atomic E-state index is 13.8. The molecule has 0 atom stereocenters. The highest BCUT2D eigenvalue weighted by atomic mass is 19.1. The number of amides is 1. The van der Waals surface area contributed by atoms with Gasteiger partial charge in [0.15, 0.2) is 0 Å². The largest absolute Gasteiger partial charge is 0.508 e. The Bertz CT molecular complexity index is 689. The van der Waals surface area contributed by atoms with E-state index in [9.17, 15) is 18.7 Å². The van der Waals surface area contributed by atoms with Crippen molar-refractivity contribution in [1.29, 1.82) is 0 Å². The fraction of sp³-hybridized carbons (Fsp3) is 0.133. The first kappa shape index (κ1) is 14.8. The summed E-state index contributed by atoms with van der Waals surface area (Å²) >= 11 is 0. The first-order chi connectivity index (χ1) is 9.93. The van der Waals surface area contributed by atoms with Crippen LogP contribution in [0.3, 0.4) is 0 Å². The van der Waals surface area contributed by atoms with Crippen LogP contribution in [0, 0.1) is 11.6 Å². The van der Waals surface area contributed by atoms with Gasteiger partial charge in [0.2, 0.25) is 0 Å². The molecule has 0 unspecified atom stereocenters. The zero-order chi connectivity index (χ0) is 15.6. The fourth-order valence-electron chi connectivity index (χ4n) is 1.98. The van der Waals surface area contributed by atoms with Gasteiger partial charge < -0.3 is 15.7 Å². The van der Waals surface area contributed by atoms with E-state index in [-0.39, 0.29) is 23.5 Å². The molecule has 0 aliphatic heterocycles. The van der Waals surface area contributed by atoms with E-state index in [2.05, 4.69) is 0 Å². The third-order valence-electron chi connectivity index (χ3n) is 3.02. The van der Waals surface area contributed by atoms with E-state index in [1.807, 2.05) is 0 Å². The maximum Gasteiger partial charge on any atom is 0.261 e. The van der Waals surface area contributed by atoms with Crippen LogP contribution in [0.2, 0.25) is 0 Å². The average Bonchev–Trinajstić information content (AvgIpc) is 2.43. The number of anilines is 2. The number of carbonyl (C=O) groups excluding carboxylic acids is 1. The van der Waals surface area contributed by atoms with Crippen LogP contribution < -0.4 is 10.6 Å². The Morgan fingerprint density at radius 3 is 2.57 bits per heavy atom. The first-order valence-corrected chi connectivity index (χ1v) is 6.29. The highest BCUT2D eigenvalue weighted by molar-refractivity contribution is 6.06. The van der Waals surface area contributed by atoms with Gasteiger partial charge in [-0.1, -0.05) is 6.07 Å². The van der Waals surface area contributed by atoms with Crippen LogP contribution in [0.4, 0.5) is 20.2 Å². The van der Waals surface area contributed by atoms with E-state index in [0.29, 0.717) is 11.8 Å². The van der Waals surface area contributed by atoms with Crippen molar-refractivity contribution in [2.24, 2.45) is 0 Å². The number of nitrogen functional groups attached to an aromatic ring is 1. The lowest BCUT2D eigenvalue weighted by atomic mass is 10.1.